The Morgan fingerprint density at radius 2 is 2.30 bits per heavy atom. The second-order valence-electron chi connectivity index (χ2n) is 6.05. The Bertz CT molecular complexity index is 736. The van der Waals surface area contributed by atoms with E-state index in [1.165, 1.54) is 18.6 Å². The van der Waals surface area contributed by atoms with E-state index in [-0.39, 0.29) is 24.0 Å². The molecule has 2 aromatic rings. The summed E-state index contributed by atoms with van der Waals surface area (Å²) in [7, 11) is 0. The predicted octanol–water partition coefficient (Wildman–Crippen LogP) is 4.00. The molecule has 1 aliphatic heterocycles. The average Bonchev–Trinajstić information content (AvgIpc) is 3.32. The minimum atomic E-state index is 0. The van der Waals surface area contributed by atoms with E-state index in [1.807, 2.05) is 36.0 Å². The van der Waals surface area contributed by atoms with Gasteiger partial charge < -0.3 is 15.2 Å². The summed E-state index contributed by atoms with van der Waals surface area (Å²) in [4.78, 5) is 9.11. The first-order valence-corrected chi connectivity index (χ1v) is 10.4. The molecule has 9 heteroatoms. The monoisotopic (exact) mass is 521 g/mol. The van der Waals surface area contributed by atoms with E-state index in [4.69, 9.17) is 16.1 Å². The van der Waals surface area contributed by atoms with Crippen LogP contribution in [0.25, 0.3) is 11.4 Å². The Balaban J connectivity index is 0.00000261. The van der Waals surface area contributed by atoms with Gasteiger partial charge in [0.1, 0.15) is 0 Å². The van der Waals surface area contributed by atoms with Crippen molar-refractivity contribution >= 4 is 53.3 Å². The number of nitrogens with one attached hydrogen (secondary N) is 2. The molecule has 1 unspecified atom stereocenters. The molecule has 1 fully saturated rings. The number of guanidine groups is 1. The second-order valence-corrected chi connectivity index (χ2v) is 7.90. The SMILES string of the molecule is CCNC(=NCC1CCCS1)NCCc1nc(-c2cccc(Cl)c2)no1.I. The van der Waals surface area contributed by atoms with E-state index in [2.05, 4.69) is 32.7 Å². The van der Waals surface area contributed by atoms with E-state index in [0.717, 1.165) is 24.6 Å². The molecule has 0 radical (unpaired) electrons. The Labute approximate surface area is 186 Å². The first kappa shape index (κ1) is 22.3. The van der Waals surface area contributed by atoms with Gasteiger partial charge in [-0.2, -0.15) is 16.7 Å². The summed E-state index contributed by atoms with van der Waals surface area (Å²) in [6.07, 6.45) is 3.21. The topological polar surface area (TPSA) is 75.3 Å². The Hall–Kier alpha value is -1.000. The Morgan fingerprint density at radius 3 is 3.04 bits per heavy atom. The molecule has 2 N–H and O–H groups in total. The van der Waals surface area contributed by atoms with Gasteiger partial charge >= 0.3 is 0 Å². The van der Waals surface area contributed by atoms with Crippen LogP contribution in [0.4, 0.5) is 0 Å². The fourth-order valence-corrected chi connectivity index (χ4v) is 4.08. The number of thioether (sulfide) groups is 1. The Morgan fingerprint density at radius 1 is 1.41 bits per heavy atom. The first-order chi connectivity index (χ1) is 12.7. The van der Waals surface area contributed by atoms with Crippen LogP contribution in [0.3, 0.4) is 0 Å². The summed E-state index contributed by atoms with van der Waals surface area (Å²) < 4.78 is 5.33. The zero-order chi connectivity index (χ0) is 18.2. The molecule has 27 heavy (non-hydrogen) atoms. The molecular weight excluding hydrogens is 497 g/mol. The number of aliphatic imine (C=N–C) groups is 1. The normalized spacial score (nSPS) is 16.8. The summed E-state index contributed by atoms with van der Waals surface area (Å²) >= 11 is 8.03. The summed E-state index contributed by atoms with van der Waals surface area (Å²) in [6, 6.07) is 7.43. The summed E-state index contributed by atoms with van der Waals surface area (Å²) in [6.45, 7) is 4.44. The predicted molar refractivity (Wildman–Crippen MR) is 123 cm³/mol. The lowest BCUT2D eigenvalue weighted by Gasteiger charge is -2.11. The van der Waals surface area contributed by atoms with Crippen molar-refractivity contribution in [3.05, 3.63) is 35.2 Å². The van der Waals surface area contributed by atoms with Crippen molar-refractivity contribution in [2.24, 2.45) is 4.99 Å². The third-order valence-electron chi connectivity index (χ3n) is 4.00. The zero-order valence-electron chi connectivity index (χ0n) is 15.3. The van der Waals surface area contributed by atoms with Gasteiger partial charge in [0.25, 0.3) is 0 Å². The maximum absolute atomic E-state index is 6.01. The van der Waals surface area contributed by atoms with Crippen LogP contribution >= 0.6 is 47.3 Å². The van der Waals surface area contributed by atoms with Gasteiger partial charge in [0.2, 0.25) is 11.7 Å². The summed E-state index contributed by atoms with van der Waals surface area (Å²) in [5, 5.41) is 11.9. The van der Waals surface area contributed by atoms with Crippen LogP contribution in [0.1, 0.15) is 25.7 Å². The lowest BCUT2D eigenvalue weighted by Crippen LogP contribution is -2.38. The van der Waals surface area contributed by atoms with Gasteiger partial charge in [-0.25, -0.2) is 0 Å². The van der Waals surface area contributed by atoms with Crippen LogP contribution in [0.15, 0.2) is 33.8 Å². The third-order valence-corrected chi connectivity index (χ3v) is 5.62. The van der Waals surface area contributed by atoms with E-state index < -0.39 is 0 Å². The smallest absolute Gasteiger partial charge is 0.228 e. The molecule has 6 nitrogen and oxygen atoms in total. The molecule has 0 bridgehead atoms. The van der Waals surface area contributed by atoms with Crippen LogP contribution in [0.5, 0.6) is 0 Å². The standard InChI is InChI=1S/C18H24ClN5OS.HI/c1-2-20-18(22-12-15-7-4-10-26-15)21-9-8-16-23-17(24-25-16)13-5-3-6-14(19)11-13;/h3,5-6,11,15H,2,4,7-10,12H2,1H3,(H2,20,21,22);1H. The molecule has 1 atom stereocenters. The largest absolute Gasteiger partial charge is 0.357 e. The average molecular weight is 522 g/mol. The number of aromatic nitrogens is 2. The Kier molecular flexibility index (Phi) is 9.70. The van der Waals surface area contributed by atoms with E-state index in [1.54, 1.807) is 0 Å². The summed E-state index contributed by atoms with van der Waals surface area (Å²) in [5.41, 5.74) is 0.851. The summed E-state index contributed by atoms with van der Waals surface area (Å²) in [5.74, 6) is 3.25. The molecule has 0 saturated carbocycles. The minimum absolute atomic E-state index is 0. The van der Waals surface area contributed by atoms with Gasteiger partial charge in [-0.15, -0.1) is 24.0 Å². The van der Waals surface area contributed by atoms with Gasteiger partial charge in [-0.05, 0) is 37.7 Å². The van der Waals surface area contributed by atoms with Crippen LogP contribution in [0.2, 0.25) is 5.02 Å². The van der Waals surface area contributed by atoms with Crippen LogP contribution in [0, 0.1) is 0 Å². The molecule has 3 rings (SSSR count). The molecule has 1 saturated heterocycles. The van der Waals surface area contributed by atoms with Gasteiger partial charge in [0, 0.05) is 35.3 Å². The van der Waals surface area contributed by atoms with Crippen LogP contribution in [-0.2, 0) is 6.42 Å². The molecule has 1 aromatic carbocycles. The zero-order valence-corrected chi connectivity index (χ0v) is 19.2. The number of halogens is 2. The third kappa shape index (κ3) is 7.15. The molecular formula is C18H25ClIN5OS. The van der Waals surface area contributed by atoms with Crippen LogP contribution < -0.4 is 10.6 Å². The first-order valence-electron chi connectivity index (χ1n) is 8.97. The van der Waals surface area contributed by atoms with Gasteiger partial charge in [0.15, 0.2) is 5.96 Å². The van der Waals surface area contributed by atoms with Crippen molar-refractivity contribution in [1.29, 1.82) is 0 Å². The lowest BCUT2D eigenvalue weighted by atomic mass is 10.2. The van der Waals surface area contributed by atoms with Gasteiger partial charge in [-0.3, -0.25) is 4.99 Å². The van der Waals surface area contributed by atoms with Gasteiger partial charge in [-0.1, -0.05) is 28.9 Å². The minimum Gasteiger partial charge on any atom is -0.357 e. The fraction of sp³-hybridized carbons (Fsp3) is 0.500. The molecule has 0 aliphatic carbocycles. The highest BCUT2D eigenvalue weighted by Gasteiger charge is 2.15. The van der Waals surface area contributed by atoms with Crippen molar-refractivity contribution in [3.63, 3.8) is 0 Å². The number of hydrogen-bond donors (Lipinski definition) is 2. The quantitative estimate of drug-likeness (QED) is 0.326. The van der Waals surface area contributed by atoms with Crippen molar-refractivity contribution < 1.29 is 4.52 Å². The number of nitrogens with zero attached hydrogens (tertiary/aromatic N) is 3. The highest BCUT2D eigenvalue weighted by atomic mass is 127. The molecule has 1 aromatic heterocycles. The maximum Gasteiger partial charge on any atom is 0.228 e. The van der Waals surface area contributed by atoms with E-state index in [0.29, 0.717) is 35.0 Å². The second kappa shape index (κ2) is 11.8. The van der Waals surface area contributed by atoms with Gasteiger partial charge in [0.05, 0.1) is 6.54 Å². The van der Waals surface area contributed by atoms with E-state index in [9.17, 15) is 0 Å². The van der Waals surface area contributed by atoms with Crippen molar-refractivity contribution in [3.8, 4) is 11.4 Å². The molecule has 148 valence electrons. The van der Waals surface area contributed by atoms with Crippen LogP contribution in [-0.4, -0.2) is 46.7 Å². The highest BCUT2D eigenvalue weighted by Crippen LogP contribution is 2.26. The number of rotatable bonds is 7. The molecule has 1 aliphatic rings. The van der Waals surface area contributed by atoms with Crippen molar-refractivity contribution in [2.45, 2.75) is 31.4 Å². The molecule has 0 spiro atoms. The van der Waals surface area contributed by atoms with Crippen molar-refractivity contribution in [2.75, 3.05) is 25.4 Å². The van der Waals surface area contributed by atoms with E-state index >= 15 is 0 Å². The fourth-order valence-electron chi connectivity index (χ4n) is 2.71. The maximum atomic E-state index is 6.01. The molecule has 2 heterocycles. The molecule has 0 amide bonds. The highest BCUT2D eigenvalue weighted by molar-refractivity contribution is 14.0. The lowest BCUT2D eigenvalue weighted by molar-refractivity contribution is 0.378. The number of benzene rings is 1. The van der Waals surface area contributed by atoms with Crippen molar-refractivity contribution in [1.82, 2.24) is 20.8 Å². The number of hydrogen-bond acceptors (Lipinski definition) is 5.